The van der Waals surface area contributed by atoms with E-state index < -0.39 is 5.91 Å². The Bertz CT molecular complexity index is 1020. The highest BCUT2D eigenvalue weighted by Crippen LogP contribution is 2.35. The van der Waals surface area contributed by atoms with Gasteiger partial charge in [-0.3, -0.25) is 14.4 Å². The molecule has 0 aliphatic carbocycles. The van der Waals surface area contributed by atoms with Crippen LogP contribution in [0.4, 0.5) is 0 Å². The lowest BCUT2D eigenvalue weighted by Crippen LogP contribution is -2.42. The molecule has 2 aliphatic heterocycles. The molecule has 8 nitrogen and oxygen atoms in total. The normalized spacial score (nSPS) is 16.9. The number of hydrogen-bond donors (Lipinski definition) is 1. The molecule has 2 heterocycles. The first-order valence-electron chi connectivity index (χ1n) is 9.48. The summed E-state index contributed by atoms with van der Waals surface area (Å²) in [5, 5.41) is 0. The van der Waals surface area contributed by atoms with Crippen LogP contribution in [0.3, 0.4) is 0 Å². The van der Waals surface area contributed by atoms with Crippen LogP contribution in [0.25, 0.3) is 6.08 Å². The monoisotopic (exact) mass is 408 g/mol. The fourth-order valence-electron chi connectivity index (χ4n) is 3.26. The van der Waals surface area contributed by atoms with Gasteiger partial charge < -0.3 is 24.8 Å². The van der Waals surface area contributed by atoms with Crippen molar-refractivity contribution in [1.29, 1.82) is 0 Å². The first-order valence-corrected chi connectivity index (χ1v) is 9.48. The van der Waals surface area contributed by atoms with Gasteiger partial charge in [0.2, 0.25) is 5.78 Å². The number of rotatable bonds is 5. The number of benzene rings is 2. The quantitative estimate of drug-likeness (QED) is 0.754. The van der Waals surface area contributed by atoms with Crippen molar-refractivity contribution in [1.82, 2.24) is 4.90 Å². The zero-order valence-corrected chi connectivity index (χ0v) is 16.1. The number of para-hydroxylation sites is 1. The van der Waals surface area contributed by atoms with E-state index in [0.717, 1.165) is 0 Å². The van der Waals surface area contributed by atoms with Gasteiger partial charge in [-0.05, 0) is 35.9 Å². The lowest BCUT2D eigenvalue weighted by molar-refractivity contribution is -0.137. The molecule has 154 valence electrons. The van der Waals surface area contributed by atoms with Crippen molar-refractivity contribution in [2.45, 2.75) is 0 Å². The number of nitrogens with two attached hydrogens (primary N) is 1. The van der Waals surface area contributed by atoms with E-state index in [9.17, 15) is 14.4 Å². The van der Waals surface area contributed by atoms with Crippen LogP contribution in [0.1, 0.15) is 26.3 Å². The number of morpholine rings is 1. The van der Waals surface area contributed by atoms with Crippen LogP contribution in [-0.4, -0.2) is 55.4 Å². The van der Waals surface area contributed by atoms with Crippen LogP contribution in [0.15, 0.2) is 48.2 Å². The van der Waals surface area contributed by atoms with Gasteiger partial charge in [-0.1, -0.05) is 18.2 Å². The first kappa shape index (κ1) is 19.7. The average molecular weight is 408 g/mol. The summed E-state index contributed by atoms with van der Waals surface area (Å²) in [6.07, 6.45) is 1.58. The van der Waals surface area contributed by atoms with E-state index in [1.807, 2.05) is 0 Å². The molecule has 0 bridgehead atoms. The molecule has 0 aromatic heterocycles. The third-order valence-electron chi connectivity index (χ3n) is 4.86. The van der Waals surface area contributed by atoms with Crippen LogP contribution in [0.5, 0.6) is 11.5 Å². The molecule has 2 amide bonds. The summed E-state index contributed by atoms with van der Waals surface area (Å²) >= 11 is 0. The van der Waals surface area contributed by atoms with E-state index in [1.54, 1.807) is 47.4 Å². The molecule has 2 aliphatic rings. The third-order valence-corrected chi connectivity index (χ3v) is 4.86. The highest BCUT2D eigenvalue weighted by Gasteiger charge is 2.30. The van der Waals surface area contributed by atoms with Gasteiger partial charge in [-0.2, -0.15) is 0 Å². The number of ether oxygens (including phenoxy) is 3. The molecule has 2 aromatic carbocycles. The molecule has 0 saturated carbocycles. The Kier molecular flexibility index (Phi) is 5.49. The van der Waals surface area contributed by atoms with Gasteiger partial charge in [-0.15, -0.1) is 0 Å². The summed E-state index contributed by atoms with van der Waals surface area (Å²) in [5.74, 6) is -0.231. The van der Waals surface area contributed by atoms with Crippen LogP contribution in [-0.2, 0) is 9.53 Å². The second kappa shape index (κ2) is 8.38. The molecule has 1 saturated heterocycles. The van der Waals surface area contributed by atoms with Crippen molar-refractivity contribution >= 4 is 23.7 Å². The minimum absolute atomic E-state index is 0.0484. The summed E-state index contributed by atoms with van der Waals surface area (Å²) in [6.45, 7) is 2.18. The third kappa shape index (κ3) is 4.04. The maximum atomic E-state index is 12.5. The fourth-order valence-corrected chi connectivity index (χ4v) is 3.26. The van der Waals surface area contributed by atoms with Crippen molar-refractivity contribution in [3.8, 4) is 11.5 Å². The maximum absolute atomic E-state index is 12.5. The van der Waals surface area contributed by atoms with Crippen molar-refractivity contribution in [2.24, 2.45) is 5.73 Å². The number of Topliss-reactive ketones (excluding diaryl/α,β-unsaturated/α-hetero) is 1. The molecule has 0 spiro atoms. The minimum atomic E-state index is -0.658. The first-order chi connectivity index (χ1) is 14.5. The van der Waals surface area contributed by atoms with E-state index in [0.29, 0.717) is 43.2 Å². The second-order valence-corrected chi connectivity index (χ2v) is 6.84. The van der Waals surface area contributed by atoms with E-state index in [1.165, 1.54) is 6.07 Å². The van der Waals surface area contributed by atoms with Crippen LogP contribution in [0, 0.1) is 0 Å². The predicted molar refractivity (Wildman–Crippen MR) is 107 cm³/mol. The number of fused-ring (bicyclic) bond motifs is 1. The van der Waals surface area contributed by atoms with Crippen LogP contribution in [0.2, 0.25) is 0 Å². The van der Waals surface area contributed by atoms with Gasteiger partial charge in [-0.25, -0.2) is 0 Å². The number of amides is 2. The molecule has 4 rings (SSSR count). The van der Waals surface area contributed by atoms with Gasteiger partial charge >= 0.3 is 0 Å². The highest BCUT2D eigenvalue weighted by atomic mass is 16.5. The second-order valence-electron chi connectivity index (χ2n) is 6.84. The van der Waals surface area contributed by atoms with E-state index in [-0.39, 0.29) is 35.4 Å². The molecule has 1 fully saturated rings. The highest BCUT2D eigenvalue weighted by molar-refractivity contribution is 6.16. The van der Waals surface area contributed by atoms with E-state index in [4.69, 9.17) is 19.9 Å². The number of carbonyl (C=O) groups excluding carboxylic acids is 3. The number of primary amides is 1. The Labute approximate surface area is 172 Å². The minimum Gasteiger partial charge on any atom is -0.484 e. The zero-order chi connectivity index (χ0) is 21.1. The van der Waals surface area contributed by atoms with Gasteiger partial charge in [0.25, 0.3) is 11.8 Å². The Balaban J connectivity index is 1.41. The smallest absolute Gasteiger partial charge is 0.260 e. The Morgan fingerprint density at radius 1 is 1.10 bits per heavy atom. The maximum Gasteiger partial charge on any atom is 0.260 e. The van der Waals surface area contributed by atoms with Gasteiger partial charge in [0.15, 0.2) is 18.1 Å². The summed E-state index contributed by atoms with van der Waals surface area (Å²) in [7, 11) is 0. The van der Waals surface area contributed by atoms with Gasteiger partial charge in [0.1, 0.15) is 5.75 Å². The van der Waals surface area contributed by atoms with Crippen molar-refractivity contribution < 1.29 is 28.6 Å². The lowest BCUT2D eigenvalue weighted by Gasteiger charge is -2.26. The number of hydrogen-bond acceptors (Lipinski definition) is 6. The SMILES string of the molecule is NC(=O)c1cccc2c1O/C(=C\c1ccc(OCC(=O)N3CCOCC3)cc1)C2=O. The predicted octanol–water partition coefficient (Wildman–Crippen LogP) is 1.64. The summed E-state index contributed by atoms with van der Waals surface area (Å²) in [5.41, 5.74) is 6.52. The molecule has 2 N–H and O–H groups in total. The van der Waals surface area contributed by atoms with E-state index in [2.05, 4.69) is 0 Å². The molecular formula is C22H20N2O6. The molecule has 0 radical (unpaired) electrons. The lowest BCUT2D eigenvalue weighted by atomic mass is 10.1. The Hall–Kier alpha value is -3.65. The van der Waals surface area contributed by atoms with Crippen LogP contribution >= 0.6 is 0 Å². The van der Waals surface area contributed by atoms with E-state index >= 15 is 0 Å². The largest absolute Gasteiger partial charge is 0.484 e. The Morgan fingerprint density at radius 3 is 2.53 bits per heavy atom. The molecule has 2 aromatic rings. The fraction of sp³-hybridized carbons (Fsp3) is 0.227. The number of ketones is 1. The Morgan fingerprint density at radius 2 is 1.83 bits per heavy atom. The van der Waals surface area contributed by atoms with Crippen molar-refractivity contribution in [3.05, 3.63) is 64.9 Å². The van der Waals surface area contributed by atoms with Gasteiger partial charge in [0, 0.05) is 13.1 Å². The number of nitrogens with zero attached hydrogens (tertiary/aromatic N) is 1. The van der Waals surface area contributed by atoms with Crippen molar-refractivity contribution in [2.75, 3.05) is 32.9 Å². The molecule has 30 heavy (non-hydrogen) atoms. The number of carbonyl (C=O) groups is 3. The molecule has 8 heteroatoms. The molecule has 0 unspecified atom stereocenters. The topological polar surface area (TPSA) is 108 Å². The van der Waals surface area contributed by atoms with Gasteiger partial charge in [0.05, 0.1) is 24.3 Å². The average Bonchev–Trinajstić information content (AvgIpc) is 3.09. The summed E-state index contributed by atoms with van der Waals surface area (Å²) in [6, 6.07) is 11.6. The van der Waals surface area contributed by atoms with Crippen molar-refractivity contribution in [3.63, 3.8) is 0 Å². The molecule has 0 atom stereocenters. The summed E-state index contributed by atoms with van der Waals surface area (Å²) < 4.78 is 16.4. The number of allylic oxidation sites excluding steroid dienone is 1. The standard InChI is InChI=1S/C22H20N2O6/c23-22(27)17-3-1-2-16-20(26)18(30-21(16)17)12-14-4-6-15(7-5-14)29-13-19(25)24-8-10-28-11-9-24/h1-7,12H,8-11,13H2,(H2,23,27)/b18-12-. The zero-order valence-electron chi connectivity index (χ0n) is 16.1. The van der Waals surface area contributed by atoms with Crippen LogP contribution < -0.4 is 15.2 Å². The molecular weight excluding hydrogens is 388 g/mol. The summed E-state index contributed by atoms with van der Waals surface area (Å²) in [4.78, 5) is 37.9.